The Bertz CT molecular complexity index is 711. The zero-order valence-corrected chi connectivity index (χ0v) is 17.8. The molecule has 152 valence electrons. The first-order valence-corrected chi connectivity index (χ1v) is 11.5. The highest BCUT2D eigenvalue weighted by Crippen LogP contribution is 2.37. The fraction of sp³-hybridized carbons (Fsp3) is 0.455. The largest absolute Gasteiger partial charge is 0.405 e. The lowest BCUT2D eigenvalue weighted by Crippen LogP contribution is -2.67. The fourth-order valence-electron chi connectivity index (χ4n) is 3.99. The van der Waals surface area contributed by atoms with Gasteiger partial charge in [0.15, 0.2) is 12.5 Å². The summed E-state index contributed by atoms with van der Waals surface area (Å²) < 4.78 is 31.4. The molecule has 0 aromatic heterocycles. The van der Waals surface area contributed by atoms with Crippen molar-refractivity contribution in [1.82, 2.24) is 0 Å². The van der Waals surface area contributed by atoms with Gasteiger partial charge in [-0.05, 0) is 15.4 Å². The van der Waals surface area contributed by atoms with E-state index in [0.717, 1.165) is 10.4 Å². The van der Waals surface area contributed by atoms with Crippen LogP contribution in [0.25, 0.3) is 0 Å². The fourth-order valence-corrected chi connectivity index (χ4v) is 8.56. The maximum atomic E-state index is 14.2. The Morgan fingerprint density at radius 2 is 1.50 bits per heavy atom. The van der Waals surface area contributed by atoms with Crippen LogP contribution in [0.15, 0.2) is 60.7 Å². The minimum atomic E-state index is -2.76. The van der Waals surface area contributed by atoms with Gasteiger partial charge in [0.2, 0.25) is 0 Å². The first-order valence-electron chi connectivity index (χ1n) is 9.56. The Morgan fingerprint density at radius 3 is 1.89 bits per heavy atom. The van der Waals surface area contributed by atoms with Gasteiger partial charge in [-0.1, -0.05) is 81.4 Å². The van der Waals surface area contributed by atoms with Crippen LogP contribution < -0.4 is 10.4 Å². The lowest BCUT2D eigenvalue weighted by atomic mass is 10.2. The van der Waals surface area contributed by atoms with Crippen molar-refractivity contribution in [3.8, 4) is 0 Å². The molecule has 0 spiro atoms. The normalized spacial score (nSPS) is 25.8. The van der Waals surface area contributed by atoms with Gasteiger partial charge in [-0.3, -0.25) is 0 Å². The highest BCUT2D eigenvalue weighted by atomic mass is 28.4. The van der Waals surface area contributed by atoms with Crippen molar-refractivity contribution in [2.45, 2.75) is 50.5 Å². The van der Waals surface area contributed by atoms with E-state index >= 15 is 0 Å². The van der Waals surface area contributed by atoms with E-state index in [4.69, 9.17) is 13.9 Å². The van der Waals surface area contributed by atoms with Gasteiger partial charge in [-0.15, -0.1) is 0 Å². The monoisotopic (exact) mass is 404 g/mol. The minimum absolute atomic E-state index is 0.0920. The quantitative estimate of drug-likeness (QED) is 0.752. The maximum Gasteiger partial charge on any atom is 0.261 e. The number of aliphatic hydroxyl groups is 1. The SMILES string of the molecule is CO[C@@H]1O[C@H](CO[Si](c2ccccc2)(c2ccccc2)C(C)(C)C)[C@@H](O)[C@@H]1F. The van der Waals surface area contributed by atoms with Crippen molar-refractivity contribution in [2.24, 2.45) is 0 Å². The summed E-state index contributed by atoms with van der Waals surface area (Å²) in [6, 6.07) is 20.4. The molecule has 1 saturated heterocycles. The van der Waals surface area contributed by atoms with Gasteiger partial charge in [0.25, 0.3) is 8.32 Å². The molecule has 1 aliphatic rings. The molecule has 1 N–H and O–H groups in total. The van der Waals surface area contributed by atoms with Crippen molar-refractivity contribution in [3.05, 3.63) is 60.7 Å². The summed E-state index contributed by atoms with van der Waals surface area (Å²) in [5.74, 6) is 0. The molecule has 2 aromatic carbocycles. The number of aliphatic hydroxyl groups excluding tert-OH is 1. The Hall–Kier alpha value is -1.57. The van der Waals surface area contributed by atoms with Gasteiger partial charge < -0.3 is 19.0 Å². The summed E-state index contributed by atoms with van der Waals surface area (Å²) in [7, 11) is -1.38. The van der Waals surface area contributed by atoms with Gasteiger partial charge in [0, 0.05) is 7.11 Å². The van der Waals surface area contributed by atoms with Crippen LogP contribution in [0.1, 0.15) is 20.8 Å². The Labute approximate surface area is 167 Å². The predicted octanol–water partition coefficient (Wildman–Crippen LogP) is 2.63. The third kappa shape index (κ3) is 3.80. The number of benzene rings is 2. The van der Waals surface area contributed by atoms with Crippen LogP contribution in [0.4, 0.5) is 4.39 Å². The first-order chi connectivity index (χ1) is 13.3. The number of alkyl halides is 1. The number of hydrogen-bond acceptors (Lipinski definition) is 4. The second-order valence-corrected chi connectivity index (χ2v) is 12.5. The van der Waals surface area contributed by atoms with Crippen LogP contribution >= 0.6 is 0 Å². The molecule has 0 saturated carbocycles. The molecule has 0 bridgehead atoms. The van der Waals surface area contributed by atoms with Crippen molar-refractivity contribution >= 4 is 18.7 Å². The molecule has 0 aliphatic carbocycles. The van der Waals surface area contributed by atoms with Crippen molar-refractivity contribution in [3.63, 3.8) is 0 Å². The third-order valence-corrected chi connectivity index (χ3v) is 10.4. The summed E-state index contributed by atoms with van der Waals surface area (Å²) in [6.45, 7) is 6.60. The molecule has 1 aliphatic heterocycles. The number of methoxy groups -OCH3 is 1. The molecule has 1 fully saturated rings. The Kier molecular flexibility index (Phi) is 6.36. The molecule has 28 heavy (non-hydrogen) atoms. The number of ether oxygens (including phenoxy) is 2. The van der Waals surface area contributed by atoms with E-state index in [1.54, 1.807) is 0 Å². The molecule has 4 nitrogen and oxygen atoms in total. The molecule has 2 aromatic rings. The van der Waals surface area contributed by atoms with Crippen LogP contribution in [0.3, 0.4) is 0 Å². The van der Waals surface area contributed by atoms with E-state index in [9.17, 15) is 9.50 Å². The van der Waals surface area contributed by atoms with E-state index in [2.05, 4.69) is 45.0 Å². The topological polar surface area (TPSA) is 47.9 Å². The zero-order valence-electron chi connectivity index (χ0n) is 16.8. The lowest BCUT2D eigenvalue weighted by molar-refractivity contribution is -0.140. The van der Waals surface area contributed by atoms with Crippen LogP contribution in [0.2, 0.25) is 5.04 Å². The van der Waals surface area contributed by atoms with Crippen LogP contribution in [0, 0.1) is 0 Å². The Balaban J connectivity index is 2.00. The molecular formula is C22H29FO4Si. The molecule has 0 unspecified atom stereocenters. The molecule has 1 heterocycles. The second kappa shape index (κ2) is 8.43. The van der Waals surface area contributed by atoms with Gasteiger partial charge in [-0.25, -0.2) is 4.39 Å². The summed E-state index contributed by atoms with van der Waals surface area (Å²) in [5.41, 5.74) is 0. The molecule has 4 atom stereocenters. The molecule has 0 amide bonds. The molecule has 0 radical (unpaired) electrons. The first kappa shape index (κ1) is 21.1. The molecule has 3 rings (SSSR count). The van der Waals surface area contributed by atoms with E-state index in [0.29, 0.717) is 0 Å². The predicted molar refractivity (Wildman–Crippen MR) is 110 cm³/mol. The highest BCUT2D eigenvalue weighted by Gasteiger charge is 2.52. The van der Waals surface area contributed by atoms with Crippen molar-refractivity contribution < 1.29 is 23.4 Å². The number of rotatable bonds is 6. The van der Waals surface area contributed by atoms with Crippen LogP contribution in [-0.2, 0) is 13.9 Å². The Morgan fingerprint density at radius 1 is 1.00 bits per heavy atom. The van der Waals surface area contributed by atoms with E-state index in [1.165, 1.54) is 7.11 Å². The van der Waals surface area contributed by atoms with Gasteiger partial charge >= 0.3 is 0 Å². The summed E-state index contributed by atoms with van der Waals surface area (Å²) in [6.07, 6.45) is -4.70. The minimum Gasteiger partial charge on any atom is -0.405 e. The smallest absolute Gasteiger partial charge is 0.261 e. The average molecular weight is 405 g/mol. The zero-order chi connectivity index (χ0) is 20.4. The van der Waals surface area contributed by atoms with Crippen LogP contribution in [0.5, 0.6) is 0 Å². The van der Waals surface area contributed by atoms with Crippen molar-refractivity contribution in [2.75, 3.05) is 13.7 Å². The third-order valence-electron chi connectivity index (χ3n) is 5.39. The molecular weight excluding hydrogens is 375 g/mol. The second-order valence-electron chi connectivity index (χ2n) is 8.19. The maximum absolute atomic E-state index is 14.2. The highest BCUT2D eigenvalue weighted by molar-refractivity contribution is 6.99. The average Bonchev–Trinajstić information content (AvgIpc) is 2.97. The summed E-state index contributed by atoms with van der Waals surface area (Å²) in [5, 5.41) is 12.3. The van der Waals surface area contributed by atoms with E-state index in [1.807, 2.05) is 36.4 Å². The number of hydrogen-bond donors (Lipinski definition) is 1. The number of halogens is 1. The summed E-state index contributed by atoms with van der Waals surface area (Å²) >= 11 is 0. The molecule has 6 heteroatoms. The summed E-state index contributed by atoms with van der Waals surface area (Å²) in [4.78, 5) is 0. The van der Waals surface area contributed by atoms with E-state index < -0.39 is 33.0 Å². The van der Waals surface area contributed by atoms with Gasteiger partial charge in [0.1, 0.15) is 12.2 Å². The van der Waals surface area contributed by atoms with Gasteiger partial charge in [0.05, 0.1) is 6.61 Å². The van der Waals surface area contributed by atoms with Crippen molar-refractivity contribution in [1.29, 1.82) is 0 Å². The standard InChI is InChI=1S/C22H29FO4Si/c1-22(2,3)28(16-11-7-5-8-12-16,17-13-9-6-10-14-17)26-15-18-20(24)19(23)21(25-4)27-18/h5-14,18-21,24H,15H2,1-4H3/t18-,19+,20-,21-/m1/s1. The lowest BCUT2D eigenvalue weighted by Gasteiger charge is -2.43. The van der Waals surface area contributed by atoms with Gasteiger partial charge in [-0.2, -0.15) is 0 Å². The van der Waals surface area contributed by atoms with Crippen LogP contribution in [-0.4, -0.2) is 51.8 Å². The van der Waals surface area contributed by atoms with E-state index in [-0.39, 0.29) is 11.6 Å².